The zero-order chi connectivity index (χ0) is 17.5. The Morgan fingerprint density at radius 1 is 1.17 bits per heavy atom. The number of aliphatic hydroxyl groups is 1. The van der Waals surface area contributed by atoms with Gasteiger partial charge in [0.15, 0.2) is 11.5 Å². The van der Waals surface area contributed by atoms with E-state index in [2.05, 4.69) is 18.7 Å². The highest BCUT2D eigenvalue weighted by molar-refractivity contribution is 5.54. The molecule has 2 rings (SSSR count). The molecule has 0 aromatic heterocycles. The van der Waals surface area contributed by atoms with Crippen LogP contribution in [0.4, 0.5) is 0 Å². The Hall–Kier alpha value is -1.46. The second kappa shape index (κ2) is 9.14. The van der Waals surface area contributed by atoms with Crippen molar-refractivity contribution in [2.45, 2.75) is 39.2 Å². The number of likely N-dealkylation sites (tertiary alicyclic amines) is 1. The monoisotopic (exact) mass is 337 g/mol. The van der Waals surface area contributed by atoms with Gasteiger partial charge in [0, 0.05) is 19.0 Å². The van der Waals surface area contributed by atoms with E-state index >= 15 is 0 Å². The Morgan fingerprint density at radius 2 is 1.83 bits per heavy atom. The molecule has 1 fully saturated rings. The number of nitrogens with zero attached hydrogens (tertiary/aromatic N) is 1. The summed E-state index contributed by atoms with van der Waals surface area (Å²) in [4.78, 5) is 2.39. The standard InChI is InChI=1S/C19H31NO4/c1-5-9-24-19-17(22-3)11-14(12-18(19)23-4)10-15-13-20(6-2)8-7-16(15)21/h11-12,15-16,21H,5-10,13H2,1-4H3. The van der Waals surface area contributed by atoms with Crippen molar-refractivity contribution in [1.29, 1.82) is 0 Å². The Balaban J connectivity index is 2.20. The predicted octanol–water partition coefficient (Wildman–Crippen LogP) is 2.74. The molecule has 0 radical (unpaired) electrons. The number of methoxy groups -OCH3 is 2. The van der Waals surface area contributed by atoms with E-state index in [-0.39, 0.29) is 12.0 Å². The molecule has 1 N–H and O–H groups in total. The van der Waals surface area contributed by atoms with Crippen molar-refractivity contribution in [3.05, 3.63) is 17.7 Å². The first-order valence-electron chi connectivity index (χ1n) is 8.90. The van der Waals surface area contributed by atoms with Gasteiger partial charge in [-0.05, 0) is 43.5 Å². The molecule has 5 nitrogen and oxygen atoms in total. The van der Waals surface area contributed by atoms with Crippen LogP contribution in [0.3, 0.4) is 0 Å². The van der Waals surface area contributed by atoms with E-state index < -0.39 is 0 Å². The molecule has 1 aromatic carbocycles. The van der Waals surface area contributed by atoms with Gasteiger partial charge in [0.1, 0.15) is 0 Å². The van der Waals surface area contributed by atoms with Gasteiger partial charge in [-0.1, -0.05) is 13.8 Å². The van der Waals surface area contributed by atoms with E-state index in [0.717, 1.165) is 44.5 Å². The van der Waals surface area contributed by atoms with Crippen LogP contribution in [0.5, 0.6) is 17.2 Å². The molecule has 0 aliphatic carbocycles. The summed E-state index contributed by atoms with van der Waals surface area (Å²) in [7, 11) is 3.29. The molecular formula is C19H31NO4. The summed E-state index contributed by atoms with van der Waals surface area (Å²) in [6, 6.07) is 4.01. The maximum atomic E-state index is 10.4. The fourth-order valence-electron chi connectivity index (χ4n) is 3.28. The van der Waals surface area contributed by atoms with Crippen LogP contribution in [0.1, 0.15) is 32.3 Å². The van der Waals surface area contributed by atoms with Gasteiger partial charge in [0.25, 0.3) is 0 Å². The van der Waals surface area contributed by atoms with Gasteiger partial charge in [-0.2, -0.15) is 0 Å². The van der Waals surface area contributed by atoms with Gasteiger partial charge in [-0.15, -0.1) is 0 Å². The van der Waals surface area contributed by atoms with Gasteiger partial charge < -0.3 is 24.2 Å². The van der Waals surface area contributed by atoms with E-state index in [0.29, 0.717) is 23.9 Å². The van der Waals surface area contributed by atoms with Crippen molar-refractivity contribution in [3.63, 3.8) is 0 Å². The minimum absolute atomic E-state index is 0.232. The highest BCUT2D eigenvalue weighted by Gasteiger charge is 2.28. The van der Waals surface area contributed by atoms with E-state index in [1.807, 2.05) is 12.1 Å². The number of benzene rings is 1. The number of piperidine rings is 1. The molecule has 1 saturated heterocycles. The number of hydrogen-bond donors (Lipinski definition) is 1. The average Bonchev–Trinajstić information content (AvgIpc) is 2.61. The van der Waals surface area contributed by atoms with Crippen LogP contribution in [0.25, 0.3) is 0 Å². The van der Waals surface area contributed by atoms with Crippen LogP contribution in [0.15, 0.2) is 12.1 Å². The molecule has 0 bridgehead atoms. The fourth-order valence-corrected chi connectivity index (χ4v) is 3.28. The first-order valence-corrected chi connectivity index (χ1v) is 8.90. The maximum absolute atomic E-state index is 10.4. The molecule has 24 heavy (non-hydrogen) atoms. The molecule has 1 aliphatic heterocycles. The smallest absolute Gasteiger partial charge is 0.203 e. The minimum Gasteiger partial charge on any atom is -0.493 e. The summed E-state index contributed by atoms with van der Waals surface area (Å²) in [5.41, 5.74) is 1.11. The van der Waals surface area contributed by atoms with Gasteiger partial charge in [0.2, 0.25) is 5.75 Å². The number of aliphatic hydroxyl groups excluding tert-OH is 1. The molecule has 2 atom stereocenters. The lowest BCUT2D eigenvalue weighted by Crippen LogP contribution is -2.43. The summed E-state index contributed by atoms with van der Waals surface area (Å²) < 4.78 is 16.8. The van der Waals surface area contributed by atoms with Crippen molar-refractivity contribution in [1.82, 2.24) is 4.90 Å². The molecule has 0 amide bonds. The van der Waals surface area contributed by atoms with Crippen molar-refractivity contribution < 1.29 is 19.3 Å². The van der Waals surface area contributed by atoms with Crippen LogP contribution in [-0.4, -0.2) is 56.6 Å². The fraction of sp³-hybridized carbons (Fsp3) is 0.684. The van der Waals surface area contributed by atoms with Crippen molar-refractivity contribution >= 4 is 0 Å². The molecular weight excluding hydrogens is 306 g/mol. The second-order valence-electron chi connectivity index (χ2n) is 6.39. The average molecular weight is 337 g/mol. The lowest BCUT2D eigenvalue weighted by Gasteiger charge is -2.35. The molecule has 136 valence electrons. The van der Waals surface area contributed by atoms with Crippen LogP contribution in [0, 0.1) is 5.92 Å². The summed E-state index contributed by atoms with van der Waals surface area (Å²) >= 11 is 0. The lowest BCUT2D eigenvalue weighted by atomic mass is 9.88. The second-order valence-corrected chi connectivity index (χ2v) is 6.39. The third-order valence-electron chi connectivity index (χ3n) is 4.69. The highest BCUT2D eigenvalue weighted by Crippen LogP contribution is 2.39. The first-order chi connectivity index (χ1) is 11.6. The number of ether oxygens (including phenoxy) is 3. The van der Waals surface area contributed by atoms with E-state index in [9.17, 15) is 5.11 Å². The maximum Gasteiger partial charge on any atom is 0.203 e. The molecule has 5 heteroatoms. The van der Waals surface area contributed by atoms with Crippen LogP contribution in [0.2, 0.25) is 0 Å². The third-order valence-corrected chi connectivity index (χ3v) is 4.69. The van der Waals surface area contributed by atoms with Gasteiger partial charge in [-0.25, -0.2) is 0 Å². The minimum atomic E-state index is -0.249. The van der Waals surface area contributed by atoms with Crippen LogP contribution >= 0.6 is 0 Å². The van der Waals surface area contributed by atoms with Gasteiger partial charge in [0.05, 0.1) is 26.9 Å². The van der Waals surface area contributed by atoms with E-state index in [1.54, 1.807) is 14.2 Å². The van der Waals surface area contributed by atoms with Crippen molar-refractivity contribution in [2.24, 2.45) is 5.92 Å². The number of hydrogen-bond acceptors (Lipinski definition) is 5. The Bertz CT molecular complexity index is 495. The quantitative estimate of drug-likeness (QED) is 0.790. The zero-order valence-corrected chi connectivity index (χ0v) is 15.4. The first kappa shape index (κ1) is 18.9. The van der Waals surface area contributed by atoms with Crippen molar-refractivity contribution in [2.75, 3.05) is 40.5 Å². The Kier molecular flexibility index (Phi) is 7.18. The van der Waals surface area contributed by atoms with Crippen LogP contribution < -0.4 is 14.2 Å². The summed E-state index contributed by atoms with van der Waals surface area (Å²) in [6.07, 6.45) is 2.32. The molecule has 2 unspecified atom stereocenters. The van der Waals surface area contributed by atoms with E-state index in [4.69, 9.17) is 14.2 Å². The number of rotatable bonds is 8. The molecule has 1 aliphatic rings. The molecule has 0 spiro atoms. The molecule has 1 heterocycles. The Labute approximate surface area is 145 Å². The SMILES string of the molecule is CCCOc1c(OC)cc(CC2CN(CC)CCC2O)cc1OC. The predicted molar refractivity (Wildman–Crippen MR) is 95.3 cm³/mol. The van der Waals surface area contributed by atoms with Crippen molar-refractivity contribution in [3.8, 4) is 17.2 Å². The largest absolute Gasteiger partial charge is 0.493 e. The normalized spacial score (nSPS) is 21.5. The highest BCUT2D eigenvalue weighted by atomic mass is 16.5. The van der Waals surface area contributed by atoms with Gasteiger partial charge >= 0.3 is 0 Å². The van der Waals surface area contributed by atoms with E-state index in [1.165, 1.54) is 0 Å². The Morgan fingerprint density at radius 3 is 2.38 bits per heavy atom. The summed E-state index contributed by atoms with van der Waals surface area (Å²) in [5.74, 6) is 2.27. The molecule has 1 aromatic rings. The van der Waals surface area contributed by atoms with Crippen LogP contribution in [-0.2, 0) is 6.42 Å². The third kappa shape index (κ3) is 4.54. The topological polar surface area (TPSA) is 51.2 Å². The zero-order valence-electron chi connectivity index (χ0n) is 15.4. The summed E-state index contributed by atoms with van der Waals surface area (Å²) in [5, 5.41) is 10.4. The lowest BCUT2D eigenvalue weighted by molar-refractivity contribution is 0.0289. The summed E-state index contributed by atoms with van der Waals surface area (Å²) in [6.45, 7) is 7.79. The molecule has 0 saturated carbocycles. The van der Waals surface area contributed by atoms with Gasteiger partial charge in [-0.3, -0.25) is 0 Å².